The van der Waals surface area contributed by atoms with Gasteiger partial charge in [0.05, 0.1) is 46.4 Å². The molecule has 10 rings (SSSR count). The summed E-state index contributed by atoms with van der Waals surface area (Å²) >= 11 is 13.2. The maximum Gasteiger partial charge on any atom is 0.229 e. The topological polar surface area (TPSA) is 96.1 Å². The molecule has 5 aliphatic rings. The largest absolute Gasteiger partial charge is 0.372 e. The third-order valence-corrected chi connectivity index (χ3v) is 13.6. The van der Waals surface area contributed by atoms with E-state index >= 15 is 4.39 Å². The number of nitriles is 1. The summed E-state index contributed by atoms with van der Waals surface area (Å²) in [4.78, 5) is 25.9. The van der Waals surface area contributed by atoms with E-state index in [9.17, 15) is 10.1 Å². The van der Waals surface area contributed by atoms with E-state index in [-0.39, 0.29) is 52.5 Å². The van der Waals surface area contributed by atoms with Gasteiger partial charge in [0.2, 0.25) is 5.91 Å². The first kappa shape index (κ1) is 35.6. The van der Waals surface area contributed by atoms with Gasteiger partial charge in [-0.3, -0.25) is 9.78 Å². The lowest BCUT2D eigenvalue weighted by Crippen LogP contribution is -2.41. The van der Waals surface area contributed by atoms with Crippen molar-refractivity contribution in [1.29, 1.82) is 5.26 Å². The van der Waals surface area contributed by atoms with E-state index in [2.05, 4.69) is 45.8 Å². The molecule has 2 aromatic carbocycles. The summed E-state index contributed by atoms with van der Waals surface area (Å²) in [6.07, 6.45) is 5.68. The Morgan fingerprint density at radius 2 is 1.94 bits per heavy atom. The lowest BCUT2D eigenvalue weighted by molar-refractivity contribution is -0.138. The molecule has 0 unspecified atom stereocenters. The number of likely N-dealkylation sites (tertiary alicyclic amines) is 1. The fraction of sp³-hybridized carbons (Fsp3) is 0.442. The van der Waals surface area contributed by atoms with Gasteiger partial charge in [0.15, 0.2) is 5.82 Å². The number of nitrogens with one attached hydrogen (secondary N) is 1. The number of amides is 1. The first-order valence-electron chi connectivity index (χ1n) is 19.0. The van der Waals surface area contributed by atoms with Crippen LogP contribution in [0.2, 0.25) is 10.0 Å². The Balaban J connectivity index is 1.23. The highest BCUT2D eigenvalue weighted by atomic mass is 35.5. The second kappa shape index (κ2) is 13.3. The second-order valence-electron chi connectivity index (χ2n) is 16.2. The summed E-state index contributed by atoms with van der Waals surface area (Å²) in [5.41, 5.74) is 7.23. The summed E-state index contributed by atoms with van der Waals surface area (Å²) in [7, 11) is 0. The van der Waals surface area contributed by atoms with Crippen LogP contribution in [0.5, 0.6) is 0 Å². The van der Waals surface area contributed by atoms with Crippen LogP contribution in [0.15, 0.2) is 42.6 Å². The minimum Gasteiger partial charge on any atom is -0.372 e. The van der Waals surface area contributed by atoms with Gasteiger partial charge in [-0.15, -0.1) is 0 Å². The molecule has 5 aromatic rings. The third kappa shape index (κ3) is 5.63. The molecule has 2 aliphatic carbocycles. The van der Waals surface area contributed by atoms with Crippen LogP contribution >= 0.6 is 23.2 Å². The first-order valence-corrected chi connectivity index (χ1v) is 19.8. The van der Waals surface area contributed by atoms with Crippen molar-refractivity contribution in [2.45, 2.75) is 97.1 Å². The van der Waals surface area contributed by atoms with Crippen molar-refractivity contribution in [3.8, 4) is 17.2 Å². The van der Waals surface area contributed by atoms with Gasteiger partial charge >= 0.3 is 0 Å². The average molecular weight is 766 g/mol. The van der Waals surface area contributed by atoms with E-state index < -0.39 is 5.82 Å². The van der Waals surface area contributed by atoms with Crippen LogP contribution in [0.1, 0.15) is 84.9 Å². The van der Waals surface area contributed by atoms with Crippen molar-refractivity contribution in [1.82, 2.24) is 24.8 Å². The molecule has 2 saturated carbocycles. The lowest BCUT2D eigenvalue weighted by Gasteiger charge is -2.39. The highest BCUT2D eigenvalue weighted by Gasteiger charge is 2.53. The predicted octanol–water partition coefficient (Wildman–Crippen LogP) is 9.27. The molecular formula is C43H43Cl2FN6O2. The summed E-state index contributed by atoms with van der Waals surface area (Å²) in [5.74, 6) is 0.106. The lowest BCUT2D eigenvalue weighted by atomic mass is 9.79. The normalized spacial score (nSPS) is 24.0. The molecule has 278 valence electrons. The van der Waals surface area contributed by atoms with Gasteiger partial charge in [0.25, 0.3) is 0 Å². The molecule has 6 heterocycles. The zero-order valence-corrected chi connectivity index (χ0v) is 32.5. The zero-order chi connectivity index (χ0) is 37.6. The van der Waals surface area contributed by atoms with Crippen molar-refractivity contribution < 1.29 is 13.9 Å². The SMILES string of the molecule is Cc1ccnc(C)c1CO[C@H]1C[C@H](c2cc3c(C)nc4c(F)c(-c5cccc(Cl)c5Cl)c(CCC#N)cc4c3n2[C@H]2[C@H]3CN[C@@H]2C3)N(C(=O)C2(C)CC2)C1. The molecule has 5 fully saturated rings. The molecule has 11 heteroatoms. The summed E-state index contributed by atoms with van der Waals surface area (Å²) in [6, 6.07) is 13.9. The van der Waals surface area contributed by atoms with E-state index in [0.717, 1.165) is 59.2 Å². The molecule has 0 spiro atoms. The van der Waals surface area contributed by atoms with Gasteiger partial charge in [0.1, 0.15) is 5.52 Å². The quantitative estimate of drug-likeness (QED) is 0.161. The van der Waals surface area contributed by atoms with Crippen molar-refractivity contribution in [3.63, 3.8) is 0 Å². The van der Waals surface area contributed by atoms with Crippen molar-refractivity contribution in [2.24, 2.45) is 11.3 Å². The number of rotatable bonds is 9. The van der Waals surface area contributed by atoms with Gasteiger partial charge in [-0.25, -0.2) is 9.37 Å². The number of pyridine rings is 2. The van der Waals surface area contributed by atoms with Gasteiger partial charge in [-0.05, 0) is 87.8 Å². The molecule has 0 radical (unpaired) electrons. The Morgan fingerprint density at radius 1 is 1.13 bits per heavy atom. The number of nitrogens with zero attached hydrogens (tertiary/aromatic N) is 5. The molecule has 8 nitrogen and oxygen atoms in total. The van der Waals surface area contributed by atoms with Gasteiger partial charge in [0, 0.05) is 88.1 Å². The number of carbonyl (C=O) groups excluding carboxylic acids is 1. The molecule has 3 aliphatic heterocycles. The van der Waals surface area contributed by atoms with E-state index in [4.69, 9.17) is 32.9 Å². The number of ether oxygens (including phenoxy) is 1. The predicted molar refractivity (Wildman–Crippen MR) is 209 cm³/mol. The number of aromatic nitrogens is 3. The fourth-order valence-electron chi connectivity index (χ4n) is 9.41. The van der Waals surface area contributed by atoms with Crippen LogP contribution in [0, 0.1) is 49.3 Å². The fourth-order valence-corrected chi connectivity index (χ4v) is 9.81. The highest BCUT2D eigenvalue weighted by molar-refractivity contribution is 6.43. The van der Waals surface area contributed by atoms with E-state index in [1.165, 1.54) is 0 Å². The van der Waals surface area contributed by atoms with E-state index in [1.54, 1.807) is 18.2 Å². The number of aryl methyl sites for hydroxylation is 4. The minimum absolute atomic E-state index is 0.143. The second-order valence-corrected chi connectivity index (χ2v) is 17.0. The Morgan fingerprint density at radius 3 is 2.65 bits per heavy atom. The number of hydrogen-bond donors (Lipinski definition) is 1. The summed E-state index contributed by atoms with van der Waals surface area (Å²) in [6.45, 7) is 9.94. The standard InChI is InChI=1S/C43H43Cl2FN6O2/c1-22-10-14-48-23(2)31(22)21-54-27-17-34(51(20-27)42(53)43(4)11-12-43)35-18-29-24(3)50-39-30(41(29)52(35)40-26-16-33(40)49-19-26)15-25(7-6-13-47)36(38(39)46)28-8-5-9-32(44)37(28)45/h5,8-10,14-15,18,26-27,33-34,40,49H,6-7,11-12,16-17,19-21H2,1-4H3/t26-,27+,33-,34-,40+/m1/s1. The Hall–Kier alpha value is -4.07. The summed E-state index contributed by atoms with van der Waals surface area (Å²) < 4.78 is 26.4. The number of halogens is 3. The molecule has 3 aromatic heterocycles. The number of benzene rings is 2. The average Bonchev–Trinajstić information content (AvgIpc) is 3.59. The molecular weight excluding hydrogens is 722 g/mol. The van der Waals surface area contributed by atoms with Crippen molar-refractivity contribution in [2.75, 3.05) is 13.1 Å². The van der Waals surface area contributed by atoms with Crippen LogP contribution in [-0.4, -0.2) is 50.6 Å². The maximum atomic E-state index is 17.3. The van der Waals surface area contributed by atoms with Crippen LogP contribution in [0.4, 0.5) is 4.39 Å². The van der Waals surface area contributed by atoms with Crippen molar-refractivity contribution in [3.05, 3.63) is 92.2 Å². The van der Waals surface area contributed by atoms with E-state index in [1.807, 2.05) is 32.2 Å². The highest BCUT2D eigenvalue weighted by Crippen LogP contribution is 2.53. The maximum absolute atomic E-state index is 17.3. The first-order chi connectivity index (χ1) is 26.0. The van der Waals surface area contributed by atoms with Gasteiger partial charge in [-0.2, -0.15) is 5.26 Å². The van der Waals surface area contributed by atoms with Gasteiger partial charge < -0.3 is 19.5 Å². The van der Waals surface area contributed by atoms with E-state index in [0.29, 0.717) is 64.7 Å². The van der Waals surface area contributed by atoms with Crippen LogP contribution in [-0.2, 0) is 22.6 Å². The monoisotopic (exact) mass is 764 g/mol. The smallest absolute Gasteiger partial charge is 0.229 e. The molecule has 1 N–H and O–H groups in total. The molecule has 5 atom stereocenters. The Bertz CT molecular complexity index is 2380. The van der Waals surface area contributed by atoms with Crippen LogP contribution < -0.4 is 5.32 Å². The molecule has 54 heavy (non-hydrogen) atoms. The third-order valence-electron chi connectivity index (χ3n) is 12.8. The number of hydrogen-bond acceptors (Lipinski definition) is 6. The zero-order valence-electron chi connectivity index (χ0n) is 31.0. The molecule has 3 saturated heterocycles. The molecule has 2 bridgehead atoms. The minimum atomic E-state index is -0.479. The summed E-state index contributed by atoms with van der Waals surface area (Å²) in [5, 5.41) is 15.6. The van der Waals surface area contributed by atoms with Crippen LogP contribution in [0.25, 0.3) is 32.9 Å². The Labute approximate surface area is 324 Å². The number of carbonyl (C=O) groups is 1. The molecule has 1 amide bonds. The van der Waals surface area contributed by atoms with Crippen LogP contribution in [0.3, 0.4) is 0 Å². The van der Waals surface area contributed by atoms with Gasteiger partial charge in [-0.1, -0.05) is 42.3 Å². The van der Waals surface area contributed by atoms with Crippen molar-refractivity contribution >= 4 is 50.9 Å². The number of fused-ring (bicyclic) bond motifs is 4. The Kier molecular flexibility index (Phi) is 8.77.